The molecule has 18 heavy (non-hydrogen) atoms. The fourth-order valence-electron chi connectivity index (χ4n) is 3.86. The fraction of sp³-hybridized carbons (Fsp3) is 0.714. The lowest BCUT2D eigenvalue weighted by atomic mass is 9.79. The number of hydrogen-bond acceptors (Lipinski definition) is 4. The zero-order valence-corrected chi connectivity index (χ0v) is 10.7. The number of hydrogen-bond donors (Lipinski definition) is 0. The van der Waals surface area contributed by atoms with E-state index in [0.717, 1.165) is 32.2 Å². The molecule has 2 saturated heterocycles. The molecule has 2 heterocycles. The molecule has 0 radical (unpaired) electrons. The van der Waals surface area contributed by atoms with Gasteiger partial charge in [-0.3, -0.25) is 14.5 Å². The van der Waals surface area contributed by atoms with Crippen LogP contribution >= 0.6 is 0 Å². The van der Waals surface area contributed by atoms with Gasteiger partial charge >= 0.3 is 5.97 Å². The molecule has 0 saturated carbocycles. The largest absolute Gasteiger partial charge is 0.468 e. The van der Waals surface area contributed by atoms with Gasteiger partial charge in [-0.05, 0) is 37.8 Å². The van der Waals surface area contributed by atoms with Gasteiger partial charge in [-0.2, -0.15) is 0 Å². The SMILES string of the molecule is COC(=O)[C@@H]1C[C@@H]2C=CC(=O)[C@H]3CCCCN1[C@H]32. The molecule has 4 nitrogen and oxygen atoms in total. The molecule has 4 heteroatoms. The number of esters is 1. The number of carbonyl (C=O) groups excluding carboxylic acids is 2. The third-order valence-corrected chi connectivity index (χ3v) is 4.66. The van der Waals surface area contributed by atoms with Crippen molar-refractivity contribution in [2.45, 2.75) is 37.8 Å². The Kier molecular flexibility index (Phi) is 2.98. The summed E-state index contributed by atoms with van der Waals surface area (Å²) in [4.78, 5) is 26.1. The fourth-order valence-corrected chi connectivity index (χ4v) is 3.86. The normalized spacial score (nSPS) is 39.3. The summed E-state index contributed by atoms with van der Waals surface area (Å²) < 4.78 is 4.91. The van der Waals surface area contributed by atoms with Gasteiger partial charge < -0.3 is 4.74 Å². The Hall–Kier alpha value is -1.16. The number of ketones is 1. The molecule has 2 fully saturated rings. The van der Waals surface area contributed by atoms with Crippen molar-refractivity contribution in [2.75, 3.05) is 13.7 Å². The summed E-state index contributed by atoms with van der Waals surface area (Å²) in [5.74, 6) is 0.534. The third-order valence-electron chi connectivity index (χ3n) is 4.66. The van der Waals surface area contributed by atoms with E-state index in [1.54, 1.807) is 6.08 Å². The van der Waals surface area contributed by atoms with Crippen molar-refractivity contribution < 1.29 is 14.3 Å². The van der Waals surface area contributed by atoms with E-state index >= 15 is 0 Å². The van der Waals surface area contributed by atoms with E-state index in [-0.39, 0.29) is 29.8 Å². The Morgan fingerprint density at radius 1 is 1.44 bits per heavy atom. The molecule has 3 aliphatic rings. The summed E-state index contributed by atoms with van der Waals surface area (Å²) in [6.07, 6.45) is 7.66. The van der Waals surface area contributed by atoms with Gasteiger partial charge in [0.2, 0.25) is 0 Å². The van der Waals surface area contributed by atoms with Crippen LogP contribution in [0.25, 0.3) is 0 Å². The van der Waals surface area contributed by atoms with Gasteiger partial charge in [0, 0.05) is 12.0 Å². The van der Waals surface area contributed by atoms with Crippen molar-refractivity contribution in [1.29, 1.82) is 0 Å². The number of ether oxygens (including phenoxy) is 1. The molecular formula is C14H19NO3. The topological polar surface area (TPSA) is 46.6 Å². The lowest BCUT2D eigenvalue weighted by Gasteiger charge is -2.34. The molecule has 3 rings (SSSR count). The van der Waals surface area contributed by atoms with Crippen molar-refractivity contribution >= 4 is 11.8 Å². The molecule has 0 aromatic rings. The second kappa shape index (κ2) is 4.50. The summed E-state index contributed by atoms with van der Waals surface area (Å²) in [5, 5.41) is 0. The van der Waals surface area contributed by atoms with Crippen molar-refractivity contribution in [3.05, 3.63) is 12.2 Å². The molecule has 0 N–H and O–H groups in total. The molecule has 0 aromatic heterocycles. The summed E-state index contributed by atoms with van der Waals surface area (Å²) in [6.45, 7) is 0.915. The third kappa shape index (κ3) is 1.70. The first kappa shape index (κ1) is 11.9. The standard InChI is InChI=1S/C14H19NO3/c1-18-14(17)11-8-9-5-6-12(16)10-4-2-3-7-15(11)13(9)10/h5-6,9-11,13H,2-4,7-8H2,1H3/t9-,10+,11-,13-/m0/s1. The molecule has 0 amide bonds. The van der Waals surface area contributed by atoms with Crippen LogP contribution in [-0.2, 0) is 14.3 Å². The van der Waals surface area contributed by atoms with Crippen molar-refractivity contribution in [2.24, 2.45) is 11.8 Å². The number of allylic oxidation sites excluding steroid dienone is 1. The monoisotopic (exact) mass is 249 g/mol. The van der Waals surface area contributed by atoms with Gasteiger partial charge in [0.1, 0.15) is 6.04 Å². The average Bonchev–Trinajstić information content (AvgIpc) is 2.59. The molecule has 4 atom stereocenters. The highest BCUT2D eigenvalue weighted by Crippen LogP contribution is 2.42. The molecule has 0 aromatic carbocycles. The van der Waals surface area contributed by atoms with Gasteiger partial charge in [0.05, 0.1) is 7.11 Å². The number of rotatable bonds is 1. The molecule has 0 unspecified atom stereocenters. The minimum atomic E-state index is -0.152. The van der Waals surface area contributed by atoms with Crippen molar-refractivity contribution in [3.63, 3.8) is 0 Å². The van der Waals surface area contributed by atoms with E-state index in [0.29, 0.717) is 5.92 Å². The average molecular weight is 249 g/mol. The Balaban J connectivity index is 1.93. The predicted octanol–water partition coefficient (Wildman–Crippen LogP) is 1.16. The van der Waals surface area contributed by atoms with E-state index in [2.05, 4.69) is 4.90 Å². The highest BCUT2D eigenvalue weighted by Gasteiger charge is 2.50. The van der Waals surface area contributed by atoms with Crippen molar-refractivity contribution in [1.82, 2.24) is 4.90 Å². The number of carbonyl (C=O) groups is 2. The molecule has 0 bridgehead atoms. The van der Waals surface area contributed by atoms with E-state index in [9.17, 15) is 9.59 Å². The summed E-state index contributed by atoms with van der Waals surface area (Å²) in [5.41, 5.74) is 0. The highest BCUT2D eigenvalue weighted by atomic mass is 16.5. The summed E-state index contributed by atoms with van der Waals surface area (Å²) in [7, 11) is 1.45. The van der Waals surface area contributed by atoms with Gasteiger partial charge in [-0.15, -0.1) is 0 Å². The molecule has 1 aliphatic carbocycles. The molecule has 98 valence electrons. The highest BCUT2D eigenvalue weighted by molar-refractivity contribution is 5.93. The Bertz CT molecular complexity index is 404. The minimum absolute atomic E-state index is 0.0946. The van der Waals surface area contributed by atoms with Crippen LogP contribution in [0, 0.1) is 11.8 Å². The van der Waals surface area contributed by atoms with Crippen LogP contribution < -0.4 is 0 Å². The van der Waals surface area contributed by atoms with E-state index in [4.69, 9.17) is 4.74 Å². The Labute approximate surface area is 107 Å². The second-order valence-electron chi connectivity index (χ2n) is 5.53. The number of nitrogens with zero attached hydrogens (tertiary/aromatic N) is 1. The quantitative estimate of drug-likeness (QED) is 0.654. The summed E-state index contributed by atoms with van der Waals surface area (Å²) in [6, 6.07) is 0.0789. The van der Waals surface area contributed by atoms with Crippen LogP contribution in [0.15, 0.2) is 12.2 Å². The van der Waals surface area contributed by atoms with Crippen LogP contribution in [0.4, 0.5) is 0 Å². The van der Waals surface area contributed by atoms with Crippen LogP contribution in [0.2, 0.25) is 0 Å². The van der Waals surface area contributed by atoms with Crippen LogP contribution in [0.3, 0.4) is 0 Å². The Morgan fingerprint density at radius 2 is 2.28 bits per heavy atom. The van der Waals surface area contributed by atoms with Crippen molar-refractivity contribution in [3.8, 4) is 0 Å². The van der Waals surface area contributed by atoms with E-state index in [1.165, 1.54) is 7.11 Å². The lowest BCUT2D eigenvalue weighted by molar-refractivity contribution is -0.146. The maximum Gasteiger partial charge on any atom is 0.323 e. The van der Waals surface area contributed by atoms with E-state index in [1.807, 2.05) is 6.08 Å². The van der Waals surface area contributed by atoms with Crippen LogP contribution in [0.1, 0.15) is 25.7 Å². The van der Waals surface area contributed by atoms with E-state index < -0.39 is 0 Å². The van der Waals surface area contributed by atoms with Crippen LogP contribution in [0.5, 0.6) is 0 Å². The zero-order valence-electron chi connectivity index (χ0n) is 10.7. The van der Waals surface area contributed by atoms with Gasteiger partial charge in [0.15, 0.2) is 5.78 Å². The maximum atomic E-state index is 12.0. The Morgan fingerprint density at radius 3 is 3.06 bits per heavy atom. The second-order valence-corrected chi connectivity index (χ2v) is 5.53. The molecule has 0 spiro atoms. The first-order valence-corrected chi connectivity index (χ1v) is 6.78. The van der Waals surface area contributed by atoms with Gasteiger partial charge in [-0.25, -0.2) is 0 Å². The first-order chi connectivity index (χ1) is 8.72. The summed E-state index contributed by atoms with van der Waals surface area (Å²) >= 11 is 0. The van der Waals surface area contributed by atoms with Crippen LogP contribution in [-0.4, -0.2) is 42.4 Å². The zero-order chi connectivity index (χ0) is 12.7. The first-order valence-electron chi connectivity index (χ1n) is 6.78. The maximum absolute atomic E-state index is 12.0. The minimum Gasteiger partial charge on any atom is -0.468 e. The number of methoxy groups -OCH3 is 1. The van der Waals surface area contributed by atoms with Gasteiger partial charge in [0.25, 0.3) is 0 Å². The lowest BCUT2D eigenvalue weighted by Crippen LogP contribution is -2.47. The predicted molar refractivity (Wildman–Crippen MR) is 65.9 cm³/mol. The molecular weight excluding hydrogens is 230 g/mol. The smallest absolute Gasteiger partial charge is 0.323 e. The molecule has 2 aliphatic heterocycles. The van der Waals surface area contributed by atoms with Gasteiger partial charge in [-0.1, -0.05) is 12.5 Å².